The van der Waals surface area contributed by atoms with E-state index in [1.807, 2.05) is 0 Å². The van der Waals surface area contributed by atoms with Crippen molar-refractivity contribution in [1.82, 2.24) is 16.0 Å². The summed E-state index contributed by atoms with van der Waals surface area (Å²) in [7, 11) is 0. The van der Waals surface area contributed by atoms with Gasteiger partial charge in [0.1, 0.15) is 18.1 Å². The van der Waals surface area contributed by atoms with Gasteiger partial charge in [-0.15, -0.1) is 0 Å². The number of nitrogens with one attached hydrogen (secondary N) is 3. The number of primary amides is 1. The first-order valence-corrected chi connectivity index (χ1v) is 10.9. The van der Waals surface area contributed by atoms with Crippen molar-refractivity contribution < 1.29 is 34.2 Å². The van der Waals surface area contributed by atoms with Crippen LogP contribution in [0.5, 0.6) is 0 Å². The van der Waals surface area contributed by atoms with Crippen molar-refractivity contribution in [3.63, 3.8) is 0 Å². The zero-order valence-corrected chi connectivity index (χ0v) is 18.4. The summed E-state index contributed by atoms with van der Waals surface area (Å²) in [6.07, 6.45) is 0.136. The molecule has 0 aliphatic carbocycles. The Hall–Kier alpha value is -2.03. The van der Waals surface area contributed by atoms with Crippen LogP contribution in [-0.4, -0.2) is 87.8 Å². The summed E-state index contributed by atoms with van der Waals surface area (Å²) in [4.78, 5) is 59.0. The van der Waals surface area contributed by atoms with Gasteiger partial charge in [0.25, 0.3) is 0 Å². The fourth-order valence-electron chi connectivity index (χ4n) is 2.20. The SMILES string of the molecule is CSCCC(NC(=O)C(CS)NC(=O)C(NC(=O)C(N)CC(N)=O)C(C)O)C(=O)O. The van der Waals surface area contributed by atoms with Crippen LogP contribution in [0.25, 0.3) is 0 Å². The molecule has 0 aromatic heterocycles. The number of hydrogen-bond acceptors (Lipinski definition) is 9. The van der Waals surface area contributed by atoms with Gasteiger partial charge in [-0.3, -0.25) is 19.2 Å². The number of carbonyl (C=O) groups is 5. The van der Waals surface area contributed by atoms with Crippen LogP contribution < -0.4 is 27.4 Å². The van der Waals surface area contributed by atoms with Crippen molar-refractivity contribution in [2.24, 2.45) is 11.5 Å². The highest BCUT2D eigenvalue weighted by Crippen LogP contribution is 2.03. The van der Waals surface area contributed by atoms with Gasteiger partial charge in [-0.25, -0.2) is 4.79 Å². The molecule has 172 valence electrons. The van der Waals surface area contributed by atoms with E-state index in [0.29, 0.717) is 5.75 Å². The molecule has 0 aromatic rings. The number of aliphatic hydroxyl groups is 1. The molecule has 14 heteroatoms. The van der Waals surface area contributed by atoms with Crippen LogP contribution in [0.1, 0.15) is 19.8 Å². The molecule has 5 atom stereocenters. The molecule has 0 rings (SSSR count). The van der Waals surface area contributed by atoms with Gasteiger partial charge < -0.3 is 37.6 Å². The first-order chi connectivity index (χ1) is 13.9. The van der Waals surface area contributed by atoms with Crippen molar-refractivity contribution in [3.8, 4) is 0 Å². The van der Waals surface area contributed by atoms with Crippen LogP contribution in [0.15, 0.2) is 0 Å². The van der Waals surface area contributed by atoms with Crippen molar-refractivity contribution in [3.05, 3.63) is 0 Å². The molecule has 5 unspecified atom stereocenters. The van der Waals surface area contributed by atoms with Crippen molar-refractivity contribution in [2.45, 2.75) is 50.0 Å². The molecule has 0 saturated carbocycles. The molecule has 30 heavy (non-hydrogen) atoms. The highest BCUT2D eigenvalue weighted by Gasteiger charge is 2.32. The number of amides is 4. The summed E-state index contributed by atoms with van der Waals surface area (Å²) in [5.41, 5.74) is 10.5. The molecular weight excluding hydrogens is 438 g/mol. The number of aliphatic hydroxyl groups excluding tert-OH is 1. The van der Waals surface area contributed by atoms with Crippen molar-refractivity contribution in [2.75, 3.05) is 17.8 Å². The number of hydrogen-bond donors (Lipinski definition) is 8. The van der Waals surface area contributed by atoms with E-state index >= 15 is 0 Å². The smallest absolute Gasteiger partial charge is 0.326 e. The van der Waals surface area contributed by atoms with Gasteiger partial charge in [0, 0.05) is 5.75 Å². The Kier molecular flexibility index (Phi) is 13.1. The highest BCUT2D eigenvalue weighted by molar-refractivity contribution is 7.98. The molecule has 0 heterocycles. The first kappa shape index (κ1) is 28.0. The molecule has 4 amide bonds. The number of nitrogens with two attached hydrogens (primary N) is 2. The quantitative estimate of drug-likeness (QED) is 0.120. The number of thioether (sulfide) groups is 1. The Morgan fingerprint density at radius 2 is 1.60 bits per heavy atom. The van der Waals surface area contributed by atoms with E-state index in [9.17, 15) is 34.2 Å². The second-order valence-electron chi connectivity index (χ2n) is 6.43. The van der Waals surface area contributed by atoms with Crippen LogP contribution in [0, 0.1) is 0 Å². The van der Waals surface area contributed by atoms with Gasteiger partial charge >= 0.3 is 5.97 Å². The number of aliphatic carboxylic acids is 1. The van der Waals surface area contributed by atoms with E-state index < -0.39 is 66.3 Å². The Morgan fingerprint density at radius 3 is 2.03 bits per heavy atom. The Balaban J connectivity index is 5.13. The molecular formula is C16H29N5O7S2. The number of carboxylic acids is 1. The van der Waals surface area contributed by atoms with Gasteiger partial charge in [-0.05, 0) is 25.4 Å². The minimum Gasteiger partial charge on any atom is -0.480 e. The van der Waals surface area contributed by atoms with Crippen molar-refractivity contribution in [1.29, 1.82) is 0 Å². The zero-order valence-electron chi connectivity index (χ0n) is 16.7. The second-order valence-corrected chi connectivity index (χ2v) is 7.78. The Morgan fingerprint density at radius 1 is 1.03 bits per heavy atom. The largest absolute Gasteiger partial charge is 0.480 e. The summed E-state index contributed by atoms with van der Waals surface area (Å²) >= 11 is 5.40. The maximum Gasteiger partial charge on any atom is 0.326 e. The number of carbonyl (C=O) groups excluding carboxylic acids is 4. The van der Waals surface area contributed by atoms with E-state index in [1.54, 1.807) is 6.26 Å². The summed E-state index contributed by atoms with van der Waals surface area (Å²) in [6.45, 7) is 1.22. The van der Waals surface area contributed by atoms with E-state index in [-0.39, 0.29) is 12.2 Å². The third-order valence-electron chi connectivity index (χ3n) is 3.86. The van der Waals surface area contributed by atoms with Gasteiger partial charge in [-0.2, -0.15) is 24.4 Å². The lowest BCUT2D eigenvalue weighted by molar-refractivity contribution is -0.142. The van der Waals surface area contributed by atoms with E-state index in [2.05, 4.69) is 28.6 Å². The van der Waals surface area contributed by atoms with E-state index in [0.717, 1.165) is 0 Å². The lowest BCUT2D eigenvalue weighted by Gasteiger charge is -2.25. The molecule has 12 nitrogen and oxygen atoms in total. The summed E-state index contributed by atoms with van der Waals surface area (Å²) < 4.78 is 0. The summed E-state index contributed by atoms with van der Waals surface area (Å²) in [5, 5.41) is 25.8. The second kappa shape index (κ2) is 14.1. The molecule has 9 N–H and O–H groups in total. The van der Waals surface area contributed by atoms with E-state index in [4.69, 9.17) is 11.5 Å². The third-order valence-corrected chi connectivity index (χ3v) is 4.87. The minimum absolute atomic E-state index is 0.173. The van der Waals surface area contributed by atoms with Gasteiger partial charge in [0.15, 0.2) is 0 Å². The lowest BCUT2D eigenvalue weighted by atomic mass is 10.1. The van der Waals surface area contributed by atoms with Gasteiger partial charge in [0.2, 0.25) is 23.6 Å². The minimum atomic E-state index is -1.49. The predicted molar refractivity (Wildman–Crippen MR) is 114 cm³/mol. The number of rotatable bonds is 14. The Bertz CT molecular complexity index is 635. The van der Waals surface area contributed by atoms with Gasteiger partial charge in [0.05, 0.1) is 18.6 Å². The maximum atomic E-state index is 12.5. The first-order valence-electron chi connectivity index (χ1n) is 8.90. The Labute approximate surface area is 183 Å². The summed E-state index contributed by atoms with van der Waals surface area (Å²) in [6, 6.07) is -5.19. The molecule has 0 saturated heterocycles. The maximum absolute atomic E-state index is 12.5. The molecule has 0 aromatic carbocycles. The topological polar surface area (TPSA) is 214 Å². The average molecular weight is 468 g/mol. The monoisotopic (exact) mass is 467 g/mol. The molecule has 0 bridgehead atoms. The van der Waals surface area contributed by atoms with E-state index in [1.165, 1.54) is 18.7 Å². The normalized spacial score (nSPS) is 15.8. The third kappa shape index (κ3) is 10.1. The fraction of sp³-hybridized carbons (Fsp3) is 0.688. The number of carboxylic acid groups (broad SMARTS) is 1. The molecule has 0 aliphatic rings. The molecule has 0 radical (unpaired) electrons. The fourth-order valence-corrected chi connectivity index (χ4v) is 2.92. The molecule has 0 spiro atoms. The molecule has 0 aliphatic heterocycles. The van der Waals surface area contributed by atoms with Crippen LogP contribution in [0.4, 0.5) is 0 Å². The van der Waals surface area contributed by atoms with Gasteiger partial charge in [-0.1, -0.05) is 0 Å². The highest BCUT2D eigenvalue weighted by atomic mass is 32.2. The molecule has 0 fully saturated rings. The number of thiol groups is 1. The average Bonchev–Trinajstić information content (AvgIpc) is 2.65. The van der Waals surface area contributed by atoms with Crippen LogP contribution >= 0.6 is 24.4 Å². The standard InChI is InChI=1S/C16H29N5O7S2/c1-7(22)12(21-13(24)8(17)5-11(18)23)15(26)20-10(6-29)14(25)19-9(16(27)28)3-4-30-2/h7-10,12,22,29H,3-6,17H2,1-2H3,(H2,18,23)(H,19,25)(H,20,26)(H,21,24)(H,27,28). The zero-order chi connectivity index (χ0) is 23.4. The van der Waals surface area contributed by atoms with Crippen LogP contribution in [-0.2, 0) is 24.0 Å². The summed E-state index contributed by atoms with van der Waals surface area (Å²) in [5.74, 6) is -4.33. The van der Waals surface area contributed by atoms with Crippen LogP contribution in [0.3, 0.4) is 0 Å². The van der Waals surface area contributed by atoms with Crippen molar-refractivity contribution >= 4 is 54.0 Å². The predicted octanol–water partition coefficient (Wildman–Crippen LogP) is -3.21. The lowest BCUT2D eigenvalue weighted by Crippen LogP contribution is -2.60. The van der Waals surface area contributed by atoms with Crippen LogP contribution in [0.2, 0.25) is 0 Å².